The van der Waals surface area contributed by atoms with Crippen LogP contribution in [0.3, 0.4) is 0 Å². The summed E-state index contributed by atoms with van der Waals surface area (Å²) in [5.41, 5.74) is -0.810. The van der Waals surface area contributed by atoms with Gasteiger partial charge in [0.25, 0.3) is 0 Å². The number of hydrogen-bond donors (Lipinski definition) is 2. The lowest BCUT2D eigenvalue weighted by molar-refractivity contribution is -0.153. The molecule has 102 valence electrons. The largest absolute Gasteiger partial charge is 0.480 e. The molecule has 2 N–H and O–H groups in total. The van der Waals surface area contributed by atoms with Crippen molar-refractivity contribution in [3.63, 3.8) is 0 Å². The SMILES string of the molecule is C=CCNC(=O)C1CCC(C(=O)O)(N(C)C)CC1. The van der Waals surface area contributed by atoms with Gasteiger partial charge in [-0.2, -0.15) is 0 Å². The normalized spacial score (nSPS) is 27.8. The summed E-state index contributed by atoms with van der Waals surface area (Å²) in [5, 5.41) is 12.1. The summed E-state index contributed by atoms with van der Waals surface area (Å²) >= 11 is 0. The van der Waals surface area contributed by atoms with E-state index in [2.05, 4.69) is 11.9 Å². The third kappa shape index (κ3) is 2.90. The predicted molar refractivity (Wildman–Crippen MR) is 69.2 cm³/mol. The Morgan fingerprint density at radius 1 is 1.44 bits per heavy atom. The standard InChI is InChI=1S/C13H22N2O3/c1-4-9-14-11(16)10-5-7-13(8-6-10,12(17)18)15(2)3/h4,10H,1,5-9H2,2-3H3,(H,14,16)(H,17,18). The maximum Gasteiger partial charge on any atom is 0.324 e. The van der Waals surface area contributed by atoms with Gasteiger partial charge in [0.1, 0.15) is 5.54 Å². The molecule has 1 aliphatic rings. The van der Waals surface area contributed by atoms with Crippen LogP contribution in [-0.4, -0.2) is 48.1 Å². The first-order valence-corrected chi connectivity index (χ1v) is 6.23. The molecule has 0 aromatic carbocycles. The van der Waals surface area contributed by atoms with Crippen molar-refractivity contribution in [3.05, 3.63) is 12.7 Å². The monoisotopic (exact) mass is 254 g/mol. The third-order valence-corrected chi connectivity index (χ3v) is 3.86. The zero-order valence-electron chi connectivity index (χ0n) is 11.1. The van der Waals surface area contributed by atoms with E-state index in [0.29, 0.717) is 32.2 Å². The van der Waals surface area contributed by atoms with E-state index in [1.54, 1.807) is 25.1 Å². The number of carboxylic acid groups (broad SMARTS) is 1. The van der Waals surface area contributed by atoms with Crippen LogP contribution in [0.1, 0.15) is 25.7 Å². The van der Waals surface area contributed by atoms with E-state index in [0.717, 1.165) is 0 Å². The molecule has 0 radical (unpaired) electrons. The van der Waals surface area contributed by atoms with Gasteiger partial charge >= 0.3 is 5.97 Å². The van der Waals surface area contributed by atoms with Gasteiger partial charge in [0.05, 0.1) is 0 Å². The molecule has 0 aromatic heterocycles. The fourth-order valence-electron chi connectivity index (χ4n) is 2.53. The molecule has 0 atom stereocenters. The first-order valence-electron chi connectivity index (χ1n) is 6.23. The van der Waals surface area contributed by atoms with Crippen molar-refractivity contribution in [1.82, 2.24) is 10.2 Å². The van der Waals surface area contributed by atoms with Gasteiger partial charge in [-0.15, -0.1) is 6.58 Å². The lowest BCUT2D eigenvalue weighted by Gasteiger charge is -2.41. The smallest absolute Gasteiger partial charge is 0.324 e. The number of nitrogens with one attached hydrogen (secondary N) is 1. The molecule has 5 heteroatoms. The number of hydrogen-bond acceptors (Lipinski definition) is 3. The van der Waals surface area contributed by atoms with Gasteiger partial charge < -0.3 is 10.4 Å². The maximum absolute atomic E-state index is 11.8. The third-order valence-electron chi connectivity index (χ3n) is 3.86. The summed E-state index contributed by atoms with van der Waals surface area (Å²) in [6, 6.07) is 0. The molecule has 1 rings (SSSR count). The molecular weight excluding hydrogens is 232 g/mol. The van der Waals surface area contributed by atoms with Gasteiger partial charge in [0.15, 0.2) is 0 Å². The maximum atomic E-state index is 11.8. The molecule has 1 saturated carbocycles. The van der Waals surface area contributed by atoms with Crippen LogP contribution >= 0.6 is 0 Å². The summed E-state index contributed by atoms with van der Waals surface area (Å²) in [7, 11) is 3.57. The van der Waals surface area contributed by atoms with Crippen LogP contribution < -0.4 is 5.32 Å². The fourth-order valence-corrected chi connectivity index (χ4v) is 2.53. The minimum absolute atomic E-state index is 0.00708. The Bertz CT molecular complexity index is 331. The number of carboxylic acids is 1. The van der Waals surface area contributed by atoms with Crippen molar-refractivity contribution < 1.29 is 14.7 Å². The second-order valence-electron chi connectivity index (χ2n) is 5.04. The van der Waals surface area contributed by atoms with Crippen LogP contribution in [0.15, 0.2) is 12.7 Å². The van der Waals surface area contributed by atoms with Crippen LogP contribution in [0.25, 0.3) is 0 Å². The quantitative estimate of drug-likeness (QED) is 0.714. The molecular formula is C13H22N2O3. The Morgan fingerprint density at radius 3 is 2.39 bits per heavy atom. The van der Waals surface area contributed by atoms with E-state index in [9.17, 15) is 14.7 Å². The van der Waals surface area contributed by atoms with Gasteiger partial charge in [-0.05, 0) is 39.8 Å². The van der Waals surface area contributed by atoms with Crippen LogP contribution in [-0.2, 0) is 9.59 Å². The van der Waals surface area contributed by atoms with Crippen LogP contribution in [0.5, 0.6) is 0 Å². The van der Waals surface area contributed by atoms with Crippen molar-refractivity contribution in [2.75, 3.05) is 20.6 Å². The lowest BCUT2D eigenvalue weighted by Crippen LogP contribution is -2.54. The van der Waals surface area contributed by atoms with E-state index >= 15 is 0 Å². The Hall–Kier alpha value is -1.36. The molecule has 0 saturated heterocycles. The molecule has 5 nitrogen and oxygen atoms in total. The van der Waals surface area contributed by atoms with Crippen LogP contribution in [0.2, 0.25) is 0 Å². The van der Waals surface area contributed by atoms with Crippen molar-refractivity contribution in [2.24, 2.45) is 5.92 Å². The molecule has 1 fully saturated rings. The fraction of sp³-hybridized carbons (Fsp3) is 0.692. The molecule has 0 aliphatic heterocycles. The van der Waals surface area contributed by atoms with E-state index < -0.39 is 11.5 Å². The second-order valence-corrected chi connectivity index (χ2v) is 5.04. The number of carbonyl (C=O) groups excluding carboxylic acids is 1. The summed E-state index contributed by atoms with van der Waals surface area (Å²) in [6.07, 6.45) is 3.91. The number of rotatable bonds is 5. The van der Waals surface area contributed by atoms with Gasteiger partial charge in [-0.3, -0.25) is 14.5 Å². The van der Waals surface area contributed by atoms with Gasteiger partial charge in [-0.1, -0.05) is 6.08 Å². The molecule has 0 aromatic rings. The predicted octanol–water partition coefficient (Wildman–Crippen LogP) is 0.864. The molecule has 0 spiro atoms. The average Bonchev–Trinajstić information content (AvgIpc) is 2.35. The summed E-state index contributed by atoms with van der Waals surface area (Å²) in [6.45, 7) is 4.01. The number of likely N-dealkylation sites (N-methyl/N-ethyl adjacent to an activating group) is 1. The minimum atomic E-state index is -0.810. The van der Waals surface area contributed by atoms with E-state index in [1.807, 2.05) is 0 Å². The zero-order valence-corrected chi connectivity index (χ0v) is 11.1. The van der Waals surface area contributed by atoms with Crippen molar-refractivity contribution in [2.45, 2.75) is 31.2 Å². The van der Waals surface area contributed by atoms with Gasteiger partial charge in [0.2, 0.25) is 5.91 Å². The highest BCUT2D eigenvalue weighted by atomic mass is 16.4. The molecule has 1 amide bonds. The van der Waals surface area contributed by atoms with E-state index in [-0.39, 0.29) is 11.8 Å². The zero-order chi connectivity index (χ0) is 13.8. The van der Waals surface area contributed by atoms with Gasteiger partial charge in [0, 0.05) is 12.5 Å². The highest BCUT2D eigenvalue weighted by Gasteiger charge is 2.45. The lowest BCUT2D eigenvalue weighted by atomic mass is 9.75. The average molecular weight is 254 g/mol. The Labute approximate surface area is 108 Å². The summed E-state index contributed by atoms with van der Waals surface area (Å²) < 4.78 is 0. The first kappa shape index (κ1) is 14.7. The first-order chi connectivity index (χ1) is 8.44. The van der Waals surface area contributed by atoms with E-state index in [1.165, 1.54) is 0 Å². The molecule has 0 bridgehead atoms. The second kappa shape index (κ2) is 6.00. The van der Waals surface area contributed by atoms with Gasteiger partial charge in [-0.25, -0.2) is 0 Å². The van der Waals surface area contributed by atoms with E-state index in [4.69, 9.17) is 0 Å². The van der Waals surface area contributed by atoms with Crippen LogP contribution in [0.4, 0.5) is 0 Å². The van der Waals surface area contributed by atoms with Crippen molar-refractivity contribution in [1.29, 1.82) is 0 Å². The Kier molecular flexibility index (Phi) is 4.90. The minimum Gasteiger partial charge on any atom is -0.480 e. The highest BCUT2D eigenvalue weighted by Crippen LogP contribution is 2.35. The Morgan fingerprint density at radius 2 is 2.00 bits per heavy atom. The molecule has 1 aliphatic carbocycles. The van der Waals surface area contributed by atoms with Crippen molar-refractivity contribution >= 4 is 11.9 Å². The summed E-state index contributed by atoms with van der Waals surface area (Å²) in [4.78, 5) is 25.0. The number of carbonyl (C=O) groups is 2. The molecule has 18 heavy (non-hydrogen) atoms. The topological polar surface area (TPSA) is 69.6 Å². The number of nitrogens with zero attached hydrogens (tertiary/aromatic N) is 1. The molecule has 0 unspecified atom stereocenters. The number of amides is 1. The molecule has 0 heterocycles. The highest BCUT2D eigenvalue weighted by molar-refractivity contribution is 5.81. The Balaban J connectivity index is 2.61. The van der Waals surface area contributed by atoms with Crippen LogP contribution in [0, 0.1) is 5.92 Å². The van der Waals surface area contributed by atoms with Crippen molar-refractivity contribution in [3.8, 4) is 0 Å². The number of aliphatic carboxylic acids is 1. The summed E-state index contributed by atoms with van der Waals surface area (Å²) in [5.74, 6) is -0.859.